The van der Waals surface area contributed by atoms with Crippen molar-refractivity contribution in [1.29, 1.82) is 0 Å². The van der Waals surface area contributed by atoms with Crippen molar-refractivity contribution >= 4 is 61.2 Å². The van der Waals surface area contributed by atoms with Gasteiger partial charge in [0.2, 0.25) is 0 Å². The number of thiophene rings is 1. The van der Waals surface area contributed by atoms with Crippen molar-refractivity contribution in [2.24, 2.45) is 0 Å². The molecule has 0 aliphatic rings. The van der Waals surface area contributed by atoms with Crippen molar-refractivity contribution in [2.45, 2.75) is 5.38 Å². The Morgan fingerprint density at radius 3 is 2.47 bits per heavy atom. The first-order valence-corrected chi connectivity index (χ1v) is 8.20. The molecule has 1 atom stereocenters. The third-order valence-corrected chi connectivity index (χ3v) is 5.40. The van der Waals surface area contributed by atoms with E-state index in [9.17, 15) is 0 Å². The Labute approximate surface area is 134 Å². The van der Waals surface area contributed by atoms with Gasteiger partial charge in [0.05, 0.1) is 9.16 Å². The molecule has 96 valence electrons. The molecule has 0 saturated heterocycles. The molecular formula is C15H9BrCl2S. The van der Waals surface area contributed by atoms with Gasteiger partial charge in [0, 0.05) is 10.4 Å². The Kier molecular flexibility index (Phi) is 3.86. The second kappa shape index (κ2) is 5.45. The van der Waals surface area contributed by atoms with Gasteiger partial charge in [-0.1, -0.05) is 41.9 Å². The highest BCUT2D eigenvalue weighted by Crippen LogP contribution is 2.38. The first-order valence-electron chi connectivity index (χ1n) is 5.72. The van der Waals surface area contributed by atoms with Crippen molar-refractivity contribution in [3.05, 3.63) is 67.8 Å². The fourth-order valence-corrected chi connectivity index (χ4v) is 3.96. The summed E-state index contributed by atoms with van der Waals surface area (Å²) in [7, 11) is 0. The Bertz CT molecular complexity index is 736. The Balaban J connectivity index is 2.18. The second-order valence-electron chi connectivity index (χ2n) is 4.23. The summed E-state index contributed by atoms with van der Waals surface area (Å²) in [5.74, 6) is 0. The largest absolute Gasteiger partial charge is 0.136 e. The minimum Gasteiger partial charge on any atom is -0.136 e. The minimum atomic E-state index is -0.162. The molecular weight excluding hydrogens is 363 g/mol. The van der Waals surface area contributed by atoms with E-state index >= 15 is 0 Å². The van der Waals surface area contributed by atoms with Crippen molar-refractivity contribution in [1.82, 2.24) is 0 Å². The van der Waals surface area contributed by atoms with Crippen LogP contribution in [-0.4, -0.2) is 0 Å². The van der Waals surface area contributed by atoms with Crippen LogP contribution in [0, 0.1) is 0 Å². The van der Waals surface area contributed by atoms with Gasteiger partial charge >= 0.3 is 0 Å². The number of benzene rings is 2. The van der Waals surface area contributed by atoms with Crippen LogP contribution in [0.3, 0.4) is 0 Å². The molecule has 0 aliphatic heterocycles. The van der Waals surface area contributed by atoms with Crippen molar-refractivity contribution < 1.29 is 0 Å². The van der Waals surface area contributed by atoms with Crippen LogP contribution >= 0.6 is 50.5 Å². The van der Waals surface area contributed by atoms with Crippen LogP contribution in [0.25, 0.3) is 10.8 Å². The van der Waals surface area contributed by atoms with E-state index in [-0.39, 0.29) is 5.38 Å². The summed E-state index contributed by atoms with van der Waals surface area (Å²) in [5, 5.41) is 4.82. The summed E-state index contributed by atoms with van der Waals surface area (Å²) in [4.78, 5) is 0. The summed E-state index contributed by atoms with van der Waals surface area (Å²) in [6.07, 6.45) is 0. The zero-order chi connectivity index (χ0) is 13.4. The van der Waals surface area contributed by atoms with Gasteiger partial charge in [-0.3, -0.25) is 0 Å². The monoisotopic (exact) mass is 370 g/mol. The van der Waals surface area contributed by atoms with Gasteiger partial charge < -0.3 is 0 Å². The van der Waals surface area contributed by atoms with Crippen molar-refractivity contribution in [3.63, 3.8) is 0 Å². The molecule has 0 spiro atoms. The maximum atomic E-state index is 6.62. The van der Waals surface area contributed by atoms with E-state index in [1.807, 2.05) is 30.3 Å². The zero-order valence-electron chi connectivity index (χ0n) is 9.74. The van der Waals surface area contributed by atoms with Crippen LogP contribution in [-0.2, 0) is 0 Å². The van der Waals surface area contributed by atoms with Crippen LogP contribution in [0.2, 0.25) is 5.02 Å². The van der Waals surface area contributed by atoms with E-state index in [1.54, 1.807) is 11.3 Å². The molecule has 3 rings (SSSR count). The second-order valence-corrected chi connectivity index (χ2v) is 7.36. The van der Waals surface area contributed by atoms with Crippen LogP contribution in [0.4, 0.5) is 0 Å². The van der Waals surface area contributed by atoms with E-state index in [1.165, 1.54) is 0 Å². The third-order valence-electron chi connectivity index (χ3n) is 3.06. The first kappa shape index (κ1) is 13.4. The summed E-state index contributed by atoms with van der Waals surface area (Å²) < 4.78 is 1.09. The van der Waals surface area contributed by atoms with E-state index in [2.05, 4.69) is 33.4 Å². The molecule has 0 saturated carbocycles. The lowest BCUT2D eigenvalue weighted by Crippen LogP contribution is -1.93. The molecule has 0 nitrogen and oxygen atoms in total. The molecule has 1 heterocycles. The number of alkyl halides is 1. The van der Waals surface area contributed by atoms with Crippen LogP contribution in [0.1, 0.15) is 16.5 Å². The van der Waals surface area contributed by atoms with E-state index < -0.39 is 0 Å². The number of rotatable bonds is 2. The molecule has 1 unspecified atom stereocenters. The molecule has 1 aromatic heterocycles. The fourth-order valence-electron chi connectivity index (χ4n) is 2.14. The average Bonchev–Trinajstić information content (AvgIpc) is 2.86. The van der Waals surface area contributed by atoms with Gasteiger partial charge in [-0.25, -0.2) is 0 Å². The van der Waals surface area contributed by atoms with Gasteiger partial charge in [-0.05, 0) is 50.0 Å². The van der Waals surface area contributed by atoms with Crippen LogP contribution < -0.4 is 0 Å². The summed E-state index contributed by atoms with van der Waals surface area (Å²) >= 11 is 18.0. The van der Waals surface area contributed by atoms with Crippen molar-refractivity contribution in [3.8, 4) is 0 Å². The predicted molar refractivity (Wildman–Crippen MR) is 88.7 cm³/mol. The van der Waals surface area contributed by atoms with Gasteiger partial charge in [-0.15, -0.1) is 22.9 Å². The Morgan fingerprint density at radius 1 is 1.05 bits per heavy atom. The lowest BCUT2D eigenvalue weighted by Gasteiger charge is -2.12. The standard InChI is InChI=1S/C15H9BrCl2S/c16-14-7-9(8-19-14)15(18)12-5-6-13(17)11-4-2-1-3-10(11)12/h1-8,15H. The first-order chi connectivity index (χ1) is 9.16. The molecule has 0 fully saturated rings. The lowest BCUT2D eigenvalue weighted by molar-refractivity contribution is 1.17. The maximum Gasteiger partial charge on any atom is 0.0849 e. The summed E-state index contributed by atoms with van der Waals surface area (Å²) in [6, 6.07) is 14.1. The summed E-state index contributed by atoms with van der Waals surface area (Å²) in [5.41, 5.74) is 2.19. The molecule has 3 aromatic rings. The normalized spacial score (nSPS) is 12.8. The topological polar surface area (TPSA) is 0 Å². The fraction of sp³-hybridized carbons (Fsp3) is 0.0667. The molecule has 0 amide bonds. The van der Waals surface area contributed by atoms with Crippen LogP contribution in [0.5, 0.6) is 0 Å². The van der Waals surface area contributed by atoms with Crippen LogP contribution in [0.15, 0.2) is 51.6 Å². The van der Waals surface area contributed by atoms with E-state index in [0.717, 1.165) is 30.7 Å². The highest BCUT2D eigenvalue weighted by atomic mass is 79.9. The van der Waals surface area contributed by atoms with Gasteiger partial charge in [-0.2, -0.15) is 0 Å². The Hall–Kier alpha value is -0.540. The van der Waals surface area contributed by atoms with Gasteiger partial charge in [0.15, 0.2) is 0 Å². The lowest BCUT2D eigenvalue weighted by atomic mass is 9.99. The molecule has 0 N–H and O–H groups in total. The zero-order valence-corrected chi connectivity index (χ0v) is 13.7. The average molecular weight is 372 g/mol. The SMILES string of the molecule is Clc1ccc(C(Cl)c2csc(Br)c2)c2ccccc12. The number of halogens is 3. The minimum absolute atomic E-state index is 0.162. The molecule has 19 heavy (non-hydrogen) atoms. The third kappa shape index (κ3) is 2.55. The summed E-state index contributed by atoms with van der Waals surface area (Å²) in [6.45, 7) is 0. The molecule has 0 radical (unpaired) electrons. The quantitative estimate of drug-likeness (QED) is 0.442. The molecule has 0 aliphatic carbocycles. The van der Waals surface area contributed by atoms with Gasteiger partial charge in [0.25, 0.3) is 0 Å². The molecule has 4 heteroatoms. The smallest absolute Gasteiger partial charge is 0.0849 e. The highest BCUT2D eigenvalue weighted by Gasteiger charge is 2.16. The number of hydrogen-bond acceptors (Lipinski definition) is 1. The predicted octanol–water partition coefficient (Wildman–Crippen LogP) is 6.65. The van der Waals surface area contributed by atoms with E-state index in [4.69, 9.17) is 23.2 Å². The van der Waals surface area contributed by atoms with Crippen molar-refractivity contribution in [2.75, 3.05) is 0 Å². The van der Waals surface area contributed by atoms with E-state index in [0.29, 0.717) is 0 Å². The number of hydrogen-bond donors (Lipinski definition) is 0. The number of fused-ring (bicyclic) bond motifs is 1. The molecule has 2 aromatic carbocycles. The highest BCUT2D eigenvalue weighted by molar-refractivity contribution is 9.11. The maximum absolute atomic E-state index is 6.62. The molecule has 0 bridgehead atoms. The Morgan fingerprint density at radius 2 is 1.79 bits per heavy atom. The van der Waals surface area contributed by atoms with Gasteiger partial charge in [0.1, 0.15) is 0 Å².